The molecule has 0 aliphatic carbocycles. The van der Waals surface area contributed by atoms with Crippen LogP contribution in [0.4, 0.5) is 4.39 Å². The summed E-state index contributed by atoms with van der Waals surface area (Å²) in [6.07, 6.45) is 1.58. The number of nitrogens with zero attached hydrogens (tertiary/aromatic N) is 1. The fraction of sp³-hybridized carbons (Fsp3) is 0.409. The van der Waals surface area contributed by atoms with Crippen LogP contribution in [0.25, 0.3) is 0 Å². The zero-order chi connectivity index (χ0) is 19.2. The monoisotopic (exact) mass is 370 g/mol. The van der Waals surface area contributed by atoms with Crippen LogP contribution in [-0.2, 0) is 11.3 Å². The van der Waals surface area contributed by atoms with Gasteiger partial charge in [-0.1, -0.05) is 36.4 Å². The van der Waals surface area contributed by atoms with Gasteiger partial charge in [-0.05, 0) is 45.0 Å². The summed E-state index contributed by atoms with van der Waals surface area (Å²) in [4.78, 5) is 14.9. The van der Waals surface area contributed by atoms with E-state index < -0.39 is 0 Å². The highest BCUT2D eigenvalue weighted by molar-refractivity contribution is 5.79. The van der Waals surface area contributed by atoms with Crippen LogP contribution in [0.5, 0.6) is 5.75 Å². The number of likely N-dealkylation sites (tertiary alicyclic amines) is 1. The molecule has 1 fully saturated rings. The summed E-state index contributed by atoms with van der Waals surface area (Å²) in [7, 11) is 1.64. The number of piperidine rings is 1. The fourth-order valence-corrected chi connectivity index (χ4v) is 3.65. The van der Waals surface area contributed by atoms with Crippen molar-refractivity contribution in [3.8, 4) is 5.75 Å². The second-order valence-electron chi connectivity index (χ2n) is 7.11. The van der Waals surface area contributed by atoms with Crippen LogP contribution >= 0.6 is 0 Å². The summed E-state index contributed by atoms with van der Waals surface area (Å²) < 4.78 is 19.2. The second kappa shape index (κ2) is 9.00. The topological polar surface area (TPSA) is 41.6 Å². The van der Waals surface area contributed by atoms with E-state index in [2.05, 4.69) is 10.2 Å². The van der Waals surface area contributed by atoms with Crippen molar-refractivity contribution in [2.75, 3.05) is 20.2 Å². The molecule has 1 aliphatic heterocycles. The predicted octanol–water partition coefficient (Wildman–Crippen LogP) is 3.92. The molecule has 0 spiro atoms. The molecule has 2 aromatic carbocycles. The van der Waals surface area contributed by atoms with Crippen molar-refractivity contribution < 1.29 is 13.9 Å². The van der Waals surface area contributed by atoms with Crippen molar-refractivity contribution in [1.82, 2.24) is 10.2 Å². The van der Waals surface area contributed by atoms with Gasteiger partial charge >= 0.3 is 0 Å². The average Bonchev–Trinajstić information content (AvgIpc) is 2.70. The van der Waals surface area contributed by atoms with E-state index in [1.807, 2.05) is 43.3 Å². The first-order chi connectivity index (χ1) is 13.1. The first kappa shape index (κ1) is 19.4. The Hall–Kier alpha value is -2.40. The third kappa shape index (κ3) is 4.86. The van der Waals surface area contributed by atoms with Crippen LogP contribution < -0.4 is 10.1 Å². The third-order valence-electron chi connectivity index (χ3n) is 5.27. The molecule has 0 aromatic heterocycles. The second-order valence-corrected chi connectivity index (χ2v) is 7.11. The van der Waals surface area contributed by atoms with Crippen LogP contribution in [0, 0.1) is 11.7 Å². The van der Waals surface area contributed by atoms with Gasteiger partial charge in [0.2, 0.25) is 5.91 Å². The van der Waals surface area contributed by atoms with Crippen molar-refractivity contribution in [3.05, 3.63) is 65.5 Å². The number of rotatable bonds is 6. The number of carbonyl (C=O) groups is 1. The maximum atomic E-state index is 13.8. The molecule has 1 atom stereocenters. The zero-order valence-electron chi connectivity index (χ0n) is 16.0. The van der Waals surface area contributed by atoms with Gasteiger partial charge in [-0.3, -0.25) is 9.69 Å². The molecule has 0 radical (unpaired) electrons. The summed E-state index contributed by atoms with van der Waals surface area (Å²) in [6, 6.07) is 14.5. The summed E-state index contributed by atoms with van der Waals surface area (Å²) in [5.41, 5.74) is 1.69. The van der Waals surface area contributed by atoms with Gasteiger partial charge in [0.25, 0.3) is 0 Å². The molecule has 1 saturated heterocycles. The first-order valence-electron chi connectivity index (χ1n) is 9.47. The SMILES string of the molecule is COc1ccccc1C(C)NC(=O)C1CCN(Cc2ccccc2F)CC1. The standard InChI is InChI=1S/C22H27FN2O2/c1-16(19-8-4-6-10-21(19)27-2)24-22(26)17-11-13-25(14-12-17)15-18-7-3-5-9-20(18)23/h3-10,16-17H,11-15H2,1-2H3,(H,24,26). The van der Waals surface area contributed by atoms with E-state index in [0.717, 1.165) is 37.2 Å². The summed E-state index contributed by atoms with van der Waals surface area (Å²) >= 11 is 0. The minimum atomic E-state index is -0.164. The molecular weight excluding hydrogens is 343 g/mol. The number of ether oxygens (including phenoxy) is 1. The predicted molar refractivity (Wildman–Crippen MR) is 104 cm³/mol. The molecule has 2 aromatic rings. The Labute approximate surface area is 160 Å². The van der Waals surface area contributed by atoms with Crippen molar-refractivity contribution in [2.24, 2.45) is 5.92 Å². The summed E-state index contributed by atoms with van der Waals surface area (Å²) in [5.74, 6) is 0.700. The van der Waals surface area contributed by atoms with Gasteiger partial charge in [-0.2, -0.15) is 0 Å². The normalized spacial score (nSPS) is 16.7. The van der Waals surface area contributed by atoms with Crippen molar-refractivity contribution in [1.29, 1.82) is 0 Å². The number of halogens is 1. The minimum absolute atomic E-state index is 0.000901. The lowest BCUT2D eigenvalue weighted by atomic mass is 9.94. The number of hydrogen-bond acceptors (Lipinski definition) is 3. The van der Waals surface area contributed by atoms with Gasteiger partial charge in [0, 0.05) is 23.6 Å². The van der Waals surface area contributed by atoms with Crippen LogP contribution in [0.2, 0.25) is 0 Å². The number of methoxy groups -OCH3 is 1. The molecule has 1 unspecified atom stereocenters. The number of hydrogen-bond donors (Lipinski definition) is 1. The van der Waals surface area contributed by atoms with Gasteiger partial charge in [0.1, 0.15) is 11.6 Å². The summed E-state index contributed by atoms with van der Waals surface area (Å²) in [6.45, 7) is 4.17. The van der Waals surface area contributed by atoms with E-state index in [1.54, 1.807) is 13.2 Å². The van der Waals surface area contributed by atoms with Gasteiger partial charge in [0.15, 0.2) is 0 Å². The molecule has 3 rings (SSSR count). The summed E-state index contributed by atoms with van der Waals surface area (Å²) in [5, 5.41) is 3.12. The van der Waals surface area contributed by atoms with Crippen molar-refractivity contribution in [3.63, 3.8) is 0 Å². The fourth-order valence-electron chi connectivity index (χ4n) is 3.65. The van der Waals surface area contributed by atoms with E-state index >= 15 is 0 Å². The Morgan fingerprint density at radius 2 is 1.85 bits per heavy atom. The van der Waals surface area contributed by atoms with E-state index in [0.29, 0.717) is 12.1 Å². The number of nitrogens with one attached hydrogen (secondary N) is 1. The van der Waals surface area contributed by atoms with E-state index in [4.69, 9.17) is 4.74 Å². The molecule has 27 heavy (non-hydrogen) atoms. The van der Waals surface area contributed by atoms with E-state index in [9.17, 15) is 9.18 Å². The van der Waals surface area contributed by atoms with Gasteiger partial charge in [0.05, 0.1) is 13.2 Å². The van der Waals surface area contributed by atoms with E-state index in [1.165, 1.54) is 6.07 Å². The lowest BCUT2D eigenvalue weighted by Gasteiger charge is -2.32. The van der Waals surface area contributed by atoms with Gasteiger partial charge in [-0.15, -0.1) is 0 Å². The van der Waals surface area contributed by atoms with Crippen molar-refractivity contribution >= 4 is 5.91 Å². The van der Waals surface area contributed by atoms with Crippen LogP contribution in [-0.4, -0.2) is 31.0 Å². The molecule has 0 saturated carbocycles. The van der Waals surface area contributed by atoms with Crippen LogP contribution in [0.3, 0.4) is 0 Å². The molecule has 5 heteroatoms. The third-order valence-corrected chi connectivity index (χ3v) is 5.27. The molecule has 1 aliphatic rings. The molecule has 1 heterocycles. The van der Waals surface area contributed by atoms with Gasteiger partial charge < -0.3 is 10.1 Å². The maximum absolute atomic E-state index is 13.8. The Kier molecular flexibility index (Phi) is 6.45. The van der Waals surface area contributed by atoms with Crippen molar-refractivity contribution in [2.45, 2.75) is 32.4 Å². The lowest BCUT2D eigenvalue weighted by Crippen LogP contribution is -2.41. The molecule has 144 valence electrons. The van der Waals surface area contributed by atoms with Crippen LogP contribution in [0.15, 0.2) is 48.5 Å². The molecule has 1 amide bonds. The molecule has 0 bridgehead atoms. The van der Waals surface area contributed by atoms with Gasteiger partial charge in [-0.25, -0.2) is 4.39 Å². The maximum Gasteiger partial charge on any atom is 0.223 e. The largest absolute Gasteiger partial charge is 0.496 e. The smallest absolute Gasteiger partial charge is 0.223 e. The Bertz CT molecular complexity index is 772. The Balaban J connectivity index is 1.52. The lowest BCUT2D eigenvalue weighted by molar-refractivity contribution is -0.127. The first-order valence-corrected chi connectivity index (χ1v) is 9.47. The van der Waals surface area contributed by atoms with Crippen LogP contribution in [0.1, 0.15) is 36.9 Å². The molecule has 4 nitrogen and oxygen atoms in total. The highest BCUT2D eigenvalue weighted by Gasteiger charge is 2.26. The highest BCUT2D eigenvalue weighted by atomic mass is 19.1. The number of benzene rings is 2. The Morgan fingerprint density at radius 3 is 2.56 bits per heavy atom. The Morgan fingerprint density at radius 1 is 1.19 bits per heavy atom. The zero-order valence-corrected chi connectivity index (χ0v) is 16.0. The molecular formula is C22H27FN2O2. The minimum Gasteiger partial charge on any atom is -0.496 e. The number of carbonyl (C=O) groups excluding carboxylic acids is 1. The number of para-hydroxylation sites is 1. The average molecular weight is 370 g/mol. The highest BCUT2D eigenvalue weighted by Crippen LogP contribution is 2.26. The van der Waals surface area contributed by atoms with E-state index in [-0.39, 0.29) is 23.7 Å². The molecule has 1 N–H and O–H groups in total. The quantitative estimate of drug-likeness (QED) is 0.838. The number of amides is 1.